The van der Waals surface area contributed by atoms with E-state index in [2.05, 4.69) is 5.32 Å². The summed E-state index contributed by atoms with van der Waals surface area (Å²) in [7, 11) is 0. The van der Waals surface area contributed by atoms with Crippen LogP contribution < -0.4 is 15.5 Å². The van der Waals surface area contributed by atoms with Gasteiger partial charge in [0.05, 0.1) is 6.61 Å². The number of hydrogen-bond donors (Lipinski definition) is 2. The Kier molecular flexibility index (Phi) is 7.14. The fourth-order valence-electron chi connectivity index (χ4n) is 3.28. The van der Waals surface area contributed by atoms with Crippen LogP contribution in [0, 0.1) is 0 Å². The Hall–Kier alpha value is -2.99. The molecule has 11 nitrogen and oxygen atoms in total. The van der Waals surface area contributed by atoms with Gasteiger partial charge in [-0.1, -0.05) is 11.6 Å². The molecule has 0 aliphatic carbocycles. The van der Waals surface area contributed by atoms with E-state index in [0.717, 1.165) is 4.90 Å². The van der Waals surface area contributed by atoms with E-state index in [0.29, 0.717) is 5.57 Å². The number of carbonyl (C=O) groups is 4. The van der Waals surface area contributed by atoms with Crippen LogP contribution in [-0.4, -0.2) is 68.7 Å². The molecule has 0 aromatic carbocycles. The molecule has 32 heavy (non-hydrogen) atoms. The molecule has 2 atom stereocenters. The first-order chi connectivity index (χ1) is 15.1. The zero-order valence-corrected chi connectivity index (χ0v) is 18.7. The smallest absolute Gasteiger partial charge is 0.352 e. The lowest BCUT2D eigenvalue weighted by Crippen LogP contribution is -2.70. The van der Waals surface area contributed by atoms with Crippen LogP contribution in [0.2, 0.25) is 5.02 Å². The second-order valence-corrected chi connectivity index (χ2v) is 8.39. The molecular weight excluding hydrogens is 466 g/mol. The summed E-state index contributed by atoms with van der Waals surface area (Å²) < 4.78 is 11.6. The second kappa shape index (κ2) is 9.65. The molecule has 0 radical (unpaired) electrons. The Morgan fingerprint density at radius 1 is 1.34 bits per heavy atom. The highest BCUT2D eigenvalue weighted by Gasteiger charge is 2.54. The van der Waals surface area contributed by atoms with E-state index in [-0.39, 0.29) is 42.1 Å². The third-order valence-corrected chi connectivity index (χ3v) is 6.29. The summed E-state index contributed by atoms with van der Waals surface area (Å²) in [6.45, 7) is 2.68. The van der Waals surface area contributed by atoms with Crippen LogP contribution in [0.4, 0.5) is 0 Å². The molecule has 0 unspecified atom stereocenters. The average Bonchev–Trinajstić information content (AvgIpc) is 2.73. The van der Waals surface area contributed by atoms with E-state index in [1.807, 2.05) is 0 Å². The molecule has 1 fully saturated rings. The first-order valence-electron chi connectivity index (χ1n) is 9.49. The number of amides is 2. The third kappa shape index (κ3) is 4.75. The van der Waals surface area contributed by atoms with E-state index in [1.165, 1.54) is 35.5 Å². The lowest BCUT2D eigenvalue weighted by molar-refractivity contribution is -0.151. The van der Waals surface area contributed by atoms with Gasteiger partial charge in [-0.2, -0.15) is 0 Å². The van der Waals surface area contributed by atoms with Crippen LogP contribution in [-0.2, 0) is 30.5 Å². The van der Waals surface area contributed by atoms with E-state index in [1.54, 1.807) is 6.92 Å². The van der Waals surface area contributed by atoms with E-state index in [4.69, 9.17) is 21.1 Å². The largest absolute Gasteiger partial charge is 0.479 e. The Morgan fingerprint density at radius 2 is 2.06 bits per heavy atom. The number of halogens is 1. The minimum atomic E-state index is -1.32. The SMILES string of the molecule is CCOc1cc(=O)c(Cl)cn1CC(=O)N[C@@H]1C(=O)N2C(C(=O)O)=C(COC(C)=O)CS[C@H]12. The number of carboxylic acid groups (broad SMARTS) is 1. The van der Waals surface area contributed by atoms with Crippen molar-refractivity contribution in [1.29, 1.82) is 0 Å². The fraction of sp³-hybridized carbons (Fsp3) is 0.421. The predicted octanol–water partition coefficient (Wildman–Crippen LogP) is 0.202. The van der Waals surface area contributed by atoms with Crippen molar-refractivity contribution in [3.63, 3.8) is 0 Å². The molecule has 2 aliphatic heterocycles. The number of carboxylic acids is 1. The number of fused-ring (bicyclic) bond motifs is 1. The highest BCUT2D eigenvalue weighted by molar-refractivity contribution is 8.00. The molecule has 2 aliphatic rings. The van der Waals surface area contributed by atoms with Gasteiger partial charge >= 0.3 is 11.9 Å². The average molecular weight is 486 g/mol. The second-order valence-electron chi connectivity index (χ2n) is 6.88. The van der Waals surface area contributed by atoms with Gasteiger partial charge in [-0.25, -0.2) is 4.79 Å². The zero-order valence-electron chi connectivity index (χ0n) is 17.1. The van der Waals surface area contributed by atoms with Crippen molar-refractivity contribution in [3.8, 4) is 5.88 Å². The molecule has 0 spiro atoms. The van der Waals surface area contributed by atoms with Gasteiger partial charge in [0.25, 0.3) is 5.91 Å². The first kappa shape index (κ1) is 23.7. The molecule has 172 valence electrons. The van der Waals surface area contributed by atoms with Crippen LogP contribution in [0.1, 0.15) is 13.8 Å². The van der Waals surface area contributed by atoms with Gasteiger partial charge in [0.2, 0.25) is 11.3 Å². The number of aliphatic carboxylic acids is 1. The Bertz CT molecular complexity index is 1070. The van der Waals surface area contributed by atoms with E-state index >= 15 is 0 Å². The van der Waals surface area contributed by atoms with E-state index < -0.39 is 40.6 Å². The number of thioether (sulfide) groups is 1. The summed E-state index contributed by atoms with van der Waals surface area (Å²) in [5, 5.41) is 11.5. The van der Waals surface area contributed by atoms with Crippen molar-refractivity contribution in [1.82, 2.24) is 14.8 Å². The van der Waals surface area contributed by atoms with Crippen molar-refractivity contribution < 1.29 is 33.8 Å². The molecule has 1 saturated heterocycles. The summed E-state index contributed by atoms with van der Waals surface area (Å²) >= 11 is 7.11. The monoisotopic (exact) mass is 485 g/mol. The number of nitrogens with one attached hydrogen (secondary N) is 1. The molecule has 1 aromatic heterocycles. The molecule has 1 aromatic rings. The molecule has 3 heterocycles. The number of aromatic nitrogens is 1. The normalized spacial score (nSPS) is 19.7. The van der Waals surface area contributed by atoms with Gasteiger partial charge in [-0.15, -0.1) is 11.8 Å². The summed E-state index contributed by atoms with van der Waals surface area (Å²) in [4.78, 5) is 60.8. The Balaban J connectivity index is 1.72. The Labute approximate surface area is 191 Å². The molecule has 0 saturated carbocycles. The molecular formula is C19H20ClN3O8S. The van der Waals surface area contributed by atoms with Crippen molar-refractivity contribution >= 4 is 47.1 Å². The van der Waals surface area contributed by atoms with Crippen molar-refractivity contribution in [2.24, 2.45) is 0 Å². The number of carbonyl (C=O) groups excluding carboxylic acids is 3. The van der Waals surface area contributed by atoms with Gasteiger partial charge in [-0.05, 0) is 6.92 Å². The third-order valence-electron chi connectivity index (χ3n) is 4.66. The molecule has 3 rings (SSSR count). The van der Waals surface area contributed by atoms with Gasteiger partial charge in [-0.3, -0.25) is 24.1 Å². The number of pyridine rings is 1. The summed E-state index contributed by atoms with van der Waals surface area (Å²) in [5.74, 6) is -2.65. The van der Waals surface area contributed by atoms with Crippen LogP contribution >= 0.6 is 23.4 Å². The topological polar surface area (TPSA) is 144 Å². The van der Waals surface area contributed by atoms with Gasteiger partial charge in [0.15, 0.2) is 5.88 Å². The fourth-order valence-corrected chi connectivity index (χ4v) is 4.78. The number of esters is 1. The highest BCUT2D eigenvalue weighted by atomic mass is 35.5. The summed E-state index contributed by atoms with van der Waals surface area (Å²) in [5.41, 5.74) is -0.389. The van der Waals surface area contributed by atoms with Gasteiger partial charge in [0, 0.05) is 30.5 Å². The molecule has 2 N–H and O–H groups in total. The molecule has 13 heteroatoms. The maximum absolute atomic E-state index is 12.6. The van der Waals surface area contributed by atoms with Crippen LogP contribution in [0.25, 0.3) is 0 Å². The van der Waals surface area contributed by atoms with Gasteiger partial charge in [0.1, 0.15) is 35.3 Å². The number of hydrogen-bond acceptors (Lipinski definition) is 8. The first-order valence-corrected chi connectivity index (χ1v) is 10.9. The van der Waals surface area contributed by atoms with Crippen LogP contribution in [0.3, 0.4) is 0 Å². The zero-order chi connectivity index (χ0) is 23.6. The summed E-state index contributed by atoms with van der Waals surface area (Å²) in [6, 6.07) is 0.239. The molecule has 2 amide bonds. The number of ether oxygens (including phenoxy) is 2. The quantitative estimate of drug-likeness (QED) is 0.389. The van der Waals surface area contributed by atoms with Crippen LogP contribution in [0.15, 0.2) is 28.3 Å². The van der Waals surface area contributed by atoms with Crippen molar-refractivity contribution in [2.75, 3.05) is 19.0 Å². The number of nitrogens with zero attached hydrogens (tertiary/aromatic N) is 2. The number of rotatable bonds is 8. The van der Waals surface area contributed by atoms with Crippen molar-refractivity contribution in [3.05, 3.63) is 38.8 Å². The van der Waals surface area contributed by atoms with Crippen molar-refractivity contribution in [2.45, 2.75) is 31.8 Å². The lowest BCUT2D eigenvalue weighted by atomic mass is 10.0. The predicted molar refractivity (Wildman–Crippen MR) is 113 cm³/mol. The number of β-lactam (4-membered cyclic amide) rings is 1. The summed E-state index contributed by atoms with van der Waals surface area (Å²) in [6.07, 6.45) is 1.27. The minimum absolute atomic E-state index is 0.0912. The van der Waals surface area contributed by atoms with E-state index in [9.17, 15) is 29.1 Å². The van der Waals surface area contributed by atoms with Crippen LogP contribution in [0.5, 0.6) is 5.88 Å². The van der Waals surface area contributed by atoms with Gasteiger partial charge < -0.3 is 24.5 Å². The Morgan fingerprint density at radius 3 is 2.69 bits per heavy atom. The standard InChI is InChI=1S/C19H20ClN3O8S/c1-3-30-14-4-12(25)11(20)5-22(14)6-13(26)21-15-17(27)23-16(19(28)29)10(7-31-9(2)24)8-32-18(15)23/h4-5,15,18H,3,6-8H2,1-2H3,(H,21,26)(H,28,29)/t15-,18-/m1/s1. The molecule has 0 bridgehead atoms. The maximum atomic E-state index is 12.6. The minimum Gasteiger partial charge on any atom is -0.479 e. The lowest BCUT2D eigenvalue weighted by Gasteiger charge is -2.49. The maximum Gasteiger partial charge on any atom is 0.352 e. The highest BCUT2D eigenvalue weighted by Crippen LogP contribution is 2.40.